The van der Waals surface area contributed by atoms with Gasteiger partial charge in [-0.2, -0.15) is 0 Å². The third-order valence-corrected chi connectivity index (χ3v) is 4.44. The van der Waals surface area contributed by atoms with Crippen molar-refractivity contribution in [3.05, 3.63) is 48.3 Å². The molecule has 0 bridgehead atoms. The Balaban J connectivity index is 1.33. The van der Waals surface area contributed by atoms with Crippen LogP contribution in [-0.4, -0.2) is 67.3 Å². The van der Waals surface area contributed by atoms with Crippen LogP contribution >= 0.6 is 0 Å². The number of anilines is 1. The molecule has 1 aliphatic rings. The molecule has 1 aromatic carbocycles. The van der Waals surface area contributed by atoms with Crippen LogP contribution in [0.15, 0.2) is 42.7 Å². The first-order chi connectivity index (χ1) is 13.2. The van der Waals surface area contributed by atoms with Crippen LogP contribution in [0, 0.1) is 0 Å². The van der Waals surface area contributed by atoms with Crippen LogP contribution < -0.4 is 15.0 Å². The normalized spacial score (nSPS) is 14.6. The number of rotatable bonds is 7. The second kappa shape index (κ2) is 9.72. The van der Waals surface area contributed by atoms with Gasteiger partial charge in [0.2, 0.25) is 5.88 Å². The van der Waals surface area contributed by atoms with E-state index >= 15 is 0 Å². The number of hydrogen-bond acceptors (Lipinski definition) is 7. The Morgan fingerprint density at radius 3 is 2.67 bits per heavy atom. The van der Waals surface area contributed by atoms with Crippen molar-refractivity contribution in [1.82, 2.24) is 20.2 Å². The fourth-order valence-corrected chi connectivity index (χ4v) is 2.91. The summed E-state index contributed by atoms with van der Waals surface area (Å²) in [6.07, 6.45) is 1.14. The second-order valence-electron chi connectivity index (χ2n) is 6.24. The monoisotopic (exact) mass is 371 g/mol. The number of aromatic nitrogens is 2. The maximum Gasteiger partial charge on any atom is 0.407 e. The fourth-order valence-electron chi connectivity index (χ4n) is 2.91. The van der Waals surface area contributed by atoms with Crippen molar-refractivity contribution in [2.75, 3.05) is 51.3 Å². The number of carbonyl (C=O) groups excluding carboxylic acids is 1. The molecule has 2 heterocycles. The lowest BCUT2D eigenvalue weighted by Crippen LogP contribution is -2.48. The number of amides is 1. The first-order valence-corrected chi connectivity index (χ1v) is 9.02. The lowest BCUT2D eigenvalue weighted by atomic mass is 10.2. The van der Waals surface area contributed by atoms with Gasteiger partial charge >= 0.3 is 6.09 Å². The molecular formula is C19H25N5O3. The van der Waals surface area contributed by atoms with E-state index in [4.69, 9.17) is 9.47 Å². The zero-order valence-corrected chi connectivity index (χ0v) is 15.5. The van der Waals surface area contributed by atoms with Gasteiger partial charge in [-0.3, -0.25) is 4.90 Å². The van der Waals surface area contributed by atoms with Crippen molar-refractivity contribution in [3.8, 4) is 5.88 Å². The third-order valence-electron chi connectivity index (χ3n) is 4.44. The molecule has 0 aliphatic carbocycles. The topological polar surface area (TPSA) is 79.8 Å². The molecule has 0 radical (unpaired) electrons. The van der Waals surface area contributed by atoms with E-state index in [0.717, 1.165) is 44.1 Å². The minimum atomic E-state index is -0.384. The molecule has 2 aromatic rings. The Kier molecular flexibility index (Phi) is 6.81. The largest absolute Gasteiger partial charge is 0.481 e. The summed E-state index contributed by atoms with van der Waals surface area (Å²) < 4.78 is 10.4. The first-order valence-electron chi connectivity index (χ1n) is 9.02. The maximum absolute atomic E-state index is 11.8. The molecule has 0 spiro atoms. The highest BCUT2D eigenvalue weighted by Gasteiger charge is 2.18. The molecule has 0 unspecified atom stereocenters. The van der Waals surface area contributed by atoms with Gasteiger partial charge in [-0.1, -0.05) is 30.3 Å². The molecule has 27 heavy (non-hydrogen) atoms. The van der Waals surface area contributed by atoms with E-state index in [2.05, 4.69) is 25.1 Å². The minimum absolute atomic E-state index is 0.285. The number of ether oxygens (including phenoxy) is 2. The average Bonchev–Trinajstić information content (AvgIpc) is 2.73. The van der Waals surface area contributed by atoms with Gasteiger partial charge in [-0.15, -0.1) is 0 Å². The predicted molar refractivity (Wildman–Crippen MR) is 102 cm³/mol. The zero-order valence-electron chi connectivity index (χ0n) is 15.5. The lowest BCUT2D eigenvalue weighted by Gasteiger charge is -2.35. The molecule has 1 amide bonds. The summed E-state index contributed by atoms with van der Waals surface area (Å²) in [4.78, 5) is 24.6. The van der Waals surface area contributed by atoms with E-state index in [1.54, 1.807) is 7.11 Å². The Labute approximate surface area is 159 Å². The van der Waals surface area contributed by atoms with Crippen LogP contribution in [0.5, 0.6) is 5.88 Å². The van der Waals surface area contributed by atoms with Crippen molar-refractivity contribution >= 4 is 11.9 Å². The van der Waals surface area contributed by atoms with Gasteiger partial charge in [0.15, 0.2) is 0 Å². The van der Waals surface area contributed by atoms with Gasteiger partial charge in [0.1, 0.15) is 18.8 Å². The SMILES string of the molecule is COc1cc(N2CCN(CCNC(=O)OCc3ccccc3)CC2)ncn1. The molecule has 1 aliphatic heterocycles. The van der Waals surface area contributed by atoms with E-state index < -0.39 is 0 Å². The molecule has 0 atom stereocenters. The molecule has 8 heteroatoms. The van der Waals surface area contributed by atoms with Crippen LogP contribution in [-0.2, 0) is 11.3 Å². The van der Waals surface area contributed by atoms with Gasteiger partial charge < -0.3 is 19.7 Å². The summed E-state index contributed by atoms with van der Waals surface area (Å²) in [5.74, 6) is 1.45. The van der Waals surface area contributed by atoms with Crippen molar-refractivity contribution in [2.45, 2.75) is 6.61 Å². The number of alkyl carbamates (subject to hydrolysis) is 1. The van der Waals surface area contributed by atoms with Gasteiger partial charge in [0.25, 0.3) is 0 Å². The van der Waals surface area contributed by atoms with E-state index in [-0.39, 0.29) is 12.7 Å². The van der Waals surface area contributed by atoms with Crippen molar-refractivity contribution < 1.29 is 14.3 Å². The third kappa shape index (κ3) is 5.82. The standard InChI is InChI=1S/C19H25N5O3/c1-26-18-13-17(21-15-22-18)24-11-9-23(10-12-24)8-7-20-19(25)27-14-16-5-3-2-4-6-16/h2-6,13,15H,7-12,14H2,1H3,(H,20,25). The van der Waals surface area contributed by atoms with Crippen LogP contribution in [0.25, 0.3) is 0 Å². The average molecular weight is 371 g/mol. The van der Waals surface area contributed by atoms with Gasteiger partial charge in [0.05, 0.1) is 7.11 Å². The summed E-state index contributed by atoms with van der Waals surface area (Å²) in [6, 6.07) is 11.5. The van der Waals surface area contributed by atoms with Crippen molar-refractivity contribution in [1.29, 1.82) is 0 Å². The fraction of sp³-hybridized carbons (Fsp3) is 0.421. The van der Waals surface area contributed by atoms with Crippen LogP contribution in [0.2, 0.25) is 0 Å². The zero-order chi connectivity index (χ0) is 18.9. The van der Waals surface area contributed by atoms with E-state index in [9.17, 15) is 4.79 Å². The minimum Gasteiger partial charge on any atom is -0.481 e. The summed E-state index contributed by atoms with van der Waals surface area (Å²) in [7, 11) is 1.60. The molecule has 3 rings (SSSR count). The maximum atomic E-state index is 11.8. The van der Waals surface area contributed by atoms with Gasteiger partial charge in [-0.05, 0) is 5.56 Å². The molecule has 8 nitrogen and oxygen atoms in total. The van der Waals surface area contributed by atoms with Crippen LogP contribution in [0.4, 0.5) is 10.6 Å². The van der Waals surface area contributed by atoms with Gasteiger partial charge in [0, 0.05) is 45.3 Å². The van der Waals surface area contributed by atoms with Crippen LogP contribution in [0.1, 0.15) is 5.56 Å². The highest BCUT2D eigenvalue weighted by Crippen LogP contribution is 2.16. The van der Waals surface area contributed by atoms with Crippen molar-refractivity contribution in [3.63, 3.8) is 0 Å². The Morgan fingerprint density at radius 1 is 1.15 bits per heavy atom. The van der Waals surface area contributed by atoms with E-state index in [1.807, 2.05) is 36.4 Å². The van der Waals surface area contributed by atoms with Gasteiger partial charge in [-0.25, -0.2) is 14.8 Å². The Morgan fingerprint density at radius 2 is 1.93 bits per heavy atom. The van der Waals surface area contributed by atoms with Crippen molar-refractivity contribution in [2.24, 2.45) is 0 Å². The molecule has 144 valence electrons. The van der Waals surface area contributed by atoms with E-state index in [0.29, 0.717) is 12.4 Å². The highest BCUT2D eigenvalue weighted by atomic mass is 16.5. The molecular weight excluding hydrogens is 346 g/mol. The smallest absolute Gasteiger partial charge is 0.407 e. The first kappa shape index (κ1) is 18.9. The highest BCUT2D eigenvalue weighted by molar-refractivity contribution is 5.67. The molecule has 1 N–H and O–H groups in total. The molecule has 1 saturated heterocycles. The second-order valence-corrected chi connectivity index (χ2v) is 6.24. The number of benzene rings is 1. The number of piperazine rings is 1. The Hall–Kier alpha value is -2.87. The summed E-state index contributed by atoms with van der Waals surface area (Å²) in [5, 5.41) is 2.80. The molecule has 1 fully saturated rings. The number of carbonyl (C=O) groups is 1. The number of nitrogens with zero attached hydrogens (tertiary/aromatic N) is 4. The number of nitrogens with one attached hydrogen (secondary N) is 1. The predicted octanol–water partition coefficient (Wildman–Crippen LogP) is 1.53. The molecule has 1 aromatic heterocycles. The summed E-state index contributed by atoms with van der Waals surface area (Å²) in [6.45, 7) is 5.21. The number of hydrogen-bond donors (Lipinski definition) is 1. The quantitative estimate of drug-likeness (QED) is 0.791. The van der Waals surface area contributed by atoms with E-state index in [1.165, 1.54) is 6.33 Å². The molecule has 0 saturated carbocycles. The Bertz CT molecular complexity index is 720. The summed E-state index contributed by atoms with van der Waals surface area (Å²) >= 11 is 0. The summed E-state index contributed by atoms with van der Waals surface area (Å²) in [5.41, 5.74) is 0.977. The lowest BCUT2D eigenvalue weighted by molar-refractivity contribution is 0.137. The number of methoxy groups -OCH3 is 1. The van der Waals surface area contributed by atoms with Crippen LogP contribution in [0.3, 0.4) is 0 Å².